The molecule has 160 valence electrons. The van der Waals surface area contributed by atoms with Crippen LogP contribution in [0.1, 0.15) is 33.5 Å². The number of carbonyl (C=O) groups excluding carboxylic acids is 3. The van der Waals surface area contributed by atoms with Crippen molar-refractivity contribution in [2.24, 2.45) is 0 Å². The third kappa shape index (κ3) is 7.58. The minimum Gasteiger partial charge on any atom is -0.493 e. The van der Waals surface area contributed by atoms with Crippen molar-refractivity contribution in [1.82, 2.24) is 10.6 Å². The lowest BCUT2D eigenvalue weighted by atomic mass is 10.1. The van der Waals surface area contributed by atoms with Gasteiger partial charge in [-0.2, -0.15) is 0 Å². The number of hydrogen-bond acceptors (Lipinski definition) is 5. The minimum atomic E-state index is -0.678. The minimum absolute atomic E-state index is 0.301. The Hall–Kier alpha value is -3.35. The first-order valence-corrected chi connectivity index (χ1v) is 9.83. The second kappa shape index (κ2) is 11.6. The standard InChI is InChI=1S/C23H28N2O5/c1-16-12-17(2)18(3)20(13-16)29-11-7-10-24-21(26)15-30-22(27)14-25-23(28)19-8-5-4-6-9-19/h4-6,8-9,12-13H,7,10-11,14-15H2,1-3H3,(H,24,26)(H,25,28). The van der Waals surface area contributed by atoms with E-state index in [1.807, 2.05) is 26.8 Å². The zero-order valence-corrected chi connectivity index (χ0v) is 17.6. The first-order chi connectivity index (χ1) is 14.4. The molecule has 0 aliphatic carbocycles. The third-order valence-electron chi connectivity index (χ3n) is 4.46. The molecule has 0 aromatic heterocycles. The molecule has 2 N–H and O–H groups in total. The maximum Gasteiger partial charge on any atom is 0.325 e. The van der Waals surface area contributed by atoms with Gasteiger partial charge < -0.3 is 20.1 Å². The average Bonchev–Trinajstić information content (AvgIpc) is 2.74. The van der Waals surface area contributed by atoms with E-state index in [2.05, 4.69) is 16.7 Å². The molecule has 2 aromatic carbocycles. The summed E-state index contributed by atoms with van der Waals surface area (Å²) in [7, 11) is 0. The molecule has 7 nitrogen and oxygen atoms in total. The molecular weight excluding hydrogens is 384 g/mol. The second-order valence-electron chi connectivity index (χ2n) is 6.97. The van der Waals surface area contributed by atoms with Crippen LogP contribution in [0.4, 0.5) is 0 Å². The largest absolute Gasteiger partial charge is 0.493 e. The monoisotopic (exact) mass is 412 g/mol. The summed E-state index contributed by atoms with van der Waals surface area (Å²) >= 11 is 0. The normalized spacial score (nSPS) is 10.2. The van der Waals surface area contributed by atoms with Gasteiger partial charge in [0, 0.05) is 12.1 Å². The fourth-order valence-electron chi connectivity index (χ4n) is 2.72. The summed E-state index contributed by atoms with van der Waals surface area (Å²) in [4.78, 5) is 35.3. The number of rotatable bonds is 10. The average molecular weight is 412 g/mol. The molecule has 0 unspecified atom stereocenters. The Morgan fingerprint density at radius 3 is 2.43 bits per heavy atom. The molecule has 0 saturated carbocycles. The van der Waals surface area contributed by atoms with Crippen LogP contribution >= 0.6 is 0 Å². The Kier molecular flexibility index (Phi) is 8.87. The van der Waals surface area contributed by atoms with E-state index in [1.54, 1.807) is 30.3 Å². The van der Waals surface area contributed by atoms with E-state index >= 15 is 0 Å². The number of amides is 2. The van der Waals surface area contributed by atoms with Crippen LogP contribution in [-0.2, 0) is 14.3 Å². The molecule has 0 saturated heterocycles. The number of ether oxygens (including phenoxy) is 2. The summed E-state index contributed by atoms with van der Waals surface area (Å²) in [5, 5.41) is 5.12. The molecule has 2 rings (SSSR count). The van der Waals surface area contributed by atoms with Crippen LogP contribution in [0.25, 0.3) is 0 Å². The van der Waals surface area contributed by atoms with Crippen LogP contribution in [0.3, 0.4) is 0 Å². The van der Waals surface area contributed by atoms with Crippen molar-refractivity contribution in [3.63, 3.8) is 0 Å². The van der Waals surface area contributed by atoms with Gasteiger partial charge in [0.25, 0.3) is 11.8 Å². The second-order valence-corrected chi connectivity index (χ2v) is 6.97. The lowest BCUT2D eigenvalue weighted by Gasteiger charge is -2.12. The number of hydrogen-bond donors (Lipinski definition) is 2. The Morgan fingerprint density at radius 2 is 1.70 bits per heavy atom. The highest BCUT2D eigenvalue weighted by molar-refractivity contribution is 5.96. The molecule has 0 fully saturated rings. The van der Waals surface area contributed by atoms with Gasteiger partial charge in [0.15, 0.2) is 6.61 Å². The molecule has 0 heterocycles. The van der Waals surface area contributed by atoms with Gasteiger partial charge in [-0.1, -0.05) is 24.3 Å². The topological polar surface area (TPSA) is 93.7 Å². The van der Waals surface area contributed by atoms with Gasteiger partial charge in [0.2, 0.25) is 0 Å². The van der Waals surface area contributed by atoms with Crippen molar-refractivity contribution >= 4 is 17.8 Å². The number of esters is 1. The van der Waals surface area contributed by atoms with Crippen LogP contribution in [-0.4, -0.2) is 44.1 Å². The van der Waals surface area contributed by atoms with E-state index < -0.39 is 18.5 Å². The van der Waals surface area contributed by atoms with Gasteiger partial charge in [-0.15, -0.1) is 0 Å². The molecule has 7 heteroatoms. The molecular formula is C23H28N2O5. The van der Waals surface area contributed by atoms with Crippen molar-refractivity contribution in [2.45, 2.75) is 27.2 Å². The Morgan fingerprint density at radius 1 is 0.967 bits per heavy atom. The van der Waals surface area contributed by atoms with Gasteiger partial charge in [0.05, 0.1) is 6.61 Å². The summed E-state index contributed by atoms with van der Waals surface area (Å²) in [5.41, 5.74) is 3.88. The van der Waals surface area contributed by atoms with Gasteiger partial charge in [-0.3, -0.25) is 14.4 Å². The number of aryl methyl sites for hydroxylation is 2. The SMILES string of the molecule is Cc1cc(C)c(C)c(OCCCNC(=O)COC(=O)CNC(=O)c2ccccc2)c1. The first kappa shape index (κ1) is 22.9. The zero-order chi connectivity index (χ0) is 21.9. The van der Waals surface area contributed by atoms with E-state index in [-0.39, 0.29) is 12.5 Å². The molecule has 2 amide bonds. The third-order valence-corrected chi connectivity index (χ3v) is 4.46. The van der Waals surface area contributed by atoms with Gasteiger partial charge in [-0.05, 0) is 62.1 Å². The van der Waals surface area contributed by atoms with E-state index in [1.165, 1.54) is 5.56 Å². The Labute approximate surface area is 176 Å². The van der Waals surface area contributed by atoms with Crippen molar-refractivity contribution < 1.29 is 23.9 Å². The van der Waals surface area contributed by atoms with Gasteiger partial charge >= 0.3 is 5.97 Å². The van der Waals surface area contributed by atoms with Crippen LogP contribution in [0.15, 0.2) is 42.5 Å². The molecule has 2 aromatic rings. The fourth-order valence-corrected chi connectivity index (χ4v) is 2.72. The molecule has 0 bridgehead atoms. The predicted octanol–water partition coefficient (Wildman–Crippen LogP) is 2.47. The molecule has 0 radical (unpaired) electrons. The summed E-state index contributed by atoms with van der Waals surface area (Å²) in [6, 6.07) is 12.6. The first-order valence-electron chi connectivity index (χ1n) is 9.83. The quantitative estimate of drug-likeness (QED) is 0.462. The molecule has 0 aliphatic heterocycles. The van der Waals surface area contributed by atoms with Crippen molar-refractivity contribution in [1.29, 1.82) is 0 Å². The summed E-state index contributed by atoms with van der Waals surface area (Å²) in [6.45, 7) is 6.27. The Bertz CT molecular complexity index is 881. The smallest absolute Gasteiger partial charge is 0.325 e. The maximum absolute atomic E-state index is 11.8. The van der Waals surface area contributed by atoms with Crippen LogP contribution in [0, 0.1) is 20.8 Å². The summed E-state index contributed by atoms with van der Waals surface area (Å²) in [5.74, 6) is -0.607. The molecule has 30 heavy (non-hydrogen) atoms. The number of benzene rings is 2. The van der Waals surface area contributed by atoms with Crippen molar-refractivity contribution in [2.75, 3.05) is 26.3 Å². The zero-order valence-electron chi connectivity index (χ0n) is 17.6. The van der Waals surface area contributed by atoms with Gasteiger partial charge in [0.1, 0.15) is 12.3 Å². The Balaban J connectivity index is 1.58. The molecule has 0 aliphatic rings. The molecule has 0 atom stereocenters. The van der Waals surface area contributed by atoms with Gasteiger partial charge in [-0.25, -0.2) is 0 Å². The van der Waals surface area contributed by atoms with E-state index in [0.717, 1.165) is 16.9 Å². The fraction of sp³-hybridized carbons (Fsp3) is 0.348. The van der Waals surface area contributed by atoms with E-state index in [4.69, 9.17) is 9.47 Å². The van der Waals surface area contributed by atoms with E-state index in [9.17, 15) is 14.4 Å². The van der Waals surface area contributed by atoms with E-state index in [0.29, 0.717) is 25.1 Å². The van der Waals surface area contributed by atoms with Crippen LogP contribution in [0.5, 0.6) is 5.75 Å². The van der Waals surface area contributed by atoms with Crippen LogP contribution in [0.2, 0.25) is 0 Å². The maximum atomic E-state index is 11.8. The highest BCUT2D eigenvalue weighted by Gasteiger charge is 2.10. The lowest BCUT2D eigenvalue weighted by molar-refractivity contribution is -0.147. The number of nitrogens with one attached hydrogen (secondary N) is 2. The highest BCUT2D eigenvalue weighted by atomic mass is 16.5. The van der Waals surface area contributed by atoms with Crippen LogP contribution < -0.4 is 15.4 Å². The van der Waals surface area contributed by atoms with Crippen molar-refractivity contribution in [3.05, 3.63) is 64.7 Å². The summed E-state index contributed by atoms with van der Waals surface area (Å²) in [6.07, 6.45) is 0.624. The lowest BCUT2D eigenvalue weighted by Crippen LogP contribution is -2.34. The summed E-state index contributed by atoms with van der Waals surface area (Å²) < 4.78 is 10.7. The molecule has 0 spiro atoms. The number of carbonyl (C=O) groups is 3. The predicted molar refractivity (Wildman–Crippen MR) is 114 cm³/mol. The van der Waals surface area contributed by atoms with Crippen molar-refractivity contribution in [3.8, 4) is 5.75 Å². The highest BCUT2D eigenvalue weighted by Crippen LogP contribution is 2.23.